The van der Waals surface area contributed by atoms with E-state index in [2.05, 4.69) is 26.5 Å². The molecule has 0 bridgehead atoms. The van der Waals surface area contributed by atoms with Crippen LogP contribution in [-0.2, 0) is 14.3 Å². The zero-order valence-electron chi connectivity index (χ0n) is 24.3. The topological polar surface area (TPSA) is 146 Å². The summed E-state index contributed by atoms with van der Waals surface area (Å²) in [6.07, 6.45) is -0.794. The summed E-state index contributed by atoms with van der Waals surface area (Å²) in [7, 11) is 1.60. The smallest absolute Gasteiger partial charge is 0.407 e. The van der Waals surface area contributed by atoms with Gasteiger partial charge in [0, 0.05) is 29.2 Å². The molecule has 2 atom stereocenters. The molecule has 0 saturated heterocycles. The molecule has 12 nitrogen and oxygen atoms in total. The van der Waals surface area contributed by atoms with Gasteiger partial charge in [0.05, 0.1) is 31.5 Å². The number of halogens is 1. The van der Waals surface area contributed by atoms with Gasteiger partial charge < -0.3 is 30.3 Å². The number of carbonyl (C=O) groups excluding carboxylic acids is 3. The summed E-state index contributed by atoms with van der Waals surface area (Å²) in [5.74, 6) is 0.491. The van der Waals surface area contributed by atoms with Crippen molar-refractivity contribution in [1.29, 1.82) is 0 Å². The zero-order chi connectivity index (χ0) is 30.4. The number of anilines is 1. The Morgan fingerprint density at radius 2 is 1.74 bits per heavy atom. The number of methoxy groups -OCH3 is 1. The summed E-state index contributed by atoms with van der Waals surface area (Å²) in [6.45, 7) is 7.40. The summed E-state index contributed by atoms with van der Waals surface area (Å²) in [5.41, 5.74) is 5.64. The molecule has 13 heteroatoms. The molecule has 0 spiro atoms. The number of nitrogens with zero attached hydrogens (tertiary/aromatic N) is 3. The second-order valence-electron chi connectivity index (χ2n) is 10.8. The van der Waals surface area contributed by atoms with Crippen LogP contribution in [0.25, 0.3) is 0 Å². The molecule has 0 aliphatic carbocycles. The summed E-state index contributed by atoms with van der Waals surface area (Å²) >= 11 is 6.16. The quantitative estimate of drug-likeness (QED) is 0.325. The van der Waals surface area contributed by atoms with Crippen molar-refractivity contribution in [3.05, 3.63) is 58.6 Å². The lowest BCUT2D eigenvalue weighted by molar-refractivity contribution is -0.126. The molecule has 2 aliphatic heterocycles. The number of amides is 3. The molecule has 2 aromatic carbocycles. The van der Waals surface area contributed by atoms with Crippen LogP contribution >= 0.6 is 11.6 Å². The van der Waals surface area contributed by atoms with E-state index in [1.807, 2.05) is 42.2 Å². The van der Waals surface area contributed by atoms with Gasteiger partial charge in [0.25, 0.3) is 0 Å². The Morgan fingerprint density at radius 1 is 1.02 bits per heavy atom. The van der Waals surface area contributed by atoms with Crippen molar-refractivity contribution in [2.45, 2.75) is 51.9 Å². The number of ether oxygens (including phenoxy) is 2. The highest BCUT2D eigenvalue weighted by Crippen LogP contribution is 2.35. The number of amidine groups is 1. The number of hydrazone groups is 1. The molecule has 2 aliphatic rings. The third-order valence-electron chi connectivity index (χ3n) is 6.36. The van der Waals surface area contributed by atoms with Gasteiger partial charge in [-0.3, -0.25) is 20.0 Å². The van der Waals surface area contributed by atoms with Crippen LogP contribution in [0.15, 0.2) is 52.6 Å². The number of nitrogens with one attached hydrogen (secondary N) is 4. The van der Waals surface area contributed by atoms with Gasteiger partial charge in [-0.25, -0.2) is 4.79 Å². The van der Waals surface area contributed by atoms with Crippen LogP contribution in [0.2, 0.25) is 5.02 Å². The maximum atomic E-state index is 13.0. The van der Waals surface area contributed by atoms with E-state index in [4.69, 9.17) is 26.1 Å². The van der Waals surface area contributed by atoms with E-state index in [1.165, 1.54) is 0 Å². The van der Waals surface area contributed by atoms with Crippen molar-refractivity contribution in [3.63, 3.8) is 0 Å². The number of aliphatic imine (C=N–C) groups is 1. The Kier molecular flexibility index (Phi) is 9.56. The Bertz CT molecular complexity index is 1390. The third-order valence-corrected chi connectivity index (χ3v) is 6.61. The highest BCUT2D eigenvalue weighted by Gasteiger charge is 2.37. The van der Waals surface area contributed by atoms with E-state index in [0.29, 0.717) is 22.3 Å². The van der Waals surface area contributed by atoms with E-state index in [9.17, 15) is 14.4 Å². The summed E-state index contributed by atoms with van der Waals surface area (Å²) < 4.78 is 10.7. The number of fused-ring (bicyclic) bond motifs is 3. The molecular formula is C29H36ClN7O5. The Labute approximate surface area is 249 Å². The van der Waals surface area contributed by atoms with Crippen LogP contribution in [0.3, 0.4) is 0 Å². The van der Waals surface area contributed by atoms with E-state index in [-0.39, 0.29) is 38.1 Å². The van der Waals surface area contributed by atoms with E-state index in [1.54, 1.807) is 40.0 Å². The second kappa shape index (κ2) is 13.1. The van der Waals surface area contributed by atoms with Gasteiger partial charge in [-0.05, 0) is 58.0 Å². The molecule has 4 N–H and O–H groups in total. The van der Waals surface area contributed by atoms with Gasteiger partial charge in [-0.2, -0.15) is 5.10 Å². The molecule has 0 aromatic heterocycles. The number of benzene rings is 2. The molecule has 2 heterocycles. The number of alkyl carbamates (subject to hydrolysis) is 1. The molecule has 0 fully saturated rings. The van der Waals surface area contributed by atoms with E-state index in [0.717, 1.165) is 16.8 Å². The van der Waals surface area contributed by atoms with Crippen molar-refractivity contribution < 1.29 is 23.9 Å². The predicted octanol–water partition coefficient (Wildman–Crippen LogP) is 2.78. The second-order valence-corrected chi connectivity index (χ2v) is 11.2. The number of rotatable bonds is 9. The van der Waals surface area contributed by atoms with E-state index < -0.39 is 23.6 Å². The molecule has 2 aromatic rings. The van der Waals surface area contributed by atoms with Gasteiger partial charge in [-0.1, -0.05) is 23.7 Å². The predicted molar refractivity (Wildman–Crippen MR) is 161 cm³/mol. The average Bonchev–Trinajstić information content (AvgIpc) is 3.26. The largest absolute Gasteiger partial charge is 0.497 e. The zero-order valence-corrected chi connectivity index (χ0v) is 25.0. The maximum absolute atomic E-state index is 13.0. The van der Waals surface area contributed by atoms with Gasteiger partial charge in [0.15, 0.2) is 5.84 Å². The number of carbonyl (C=O) groups is 3. The fourth-order valence-corrected chi connectivity index (χ4v) is 4.63. The fraction of sp³-hybridized carbons (Fsp3) is 0.414. The van der Waals surface area contributed by atoms with Crippen LogP contribution in [0.4, 0.5) is 10.5 Å². The minimum Gasteiger partial charge on any atom is -0.497 e. The lowest BCUT2D eigenvalue weighted by Gasteiger charge is -2.27. The Balaban J connectivity index is 1.46. The van der Waals surface area contributed by atoms with Crippen molar-refractivity contribution in [2.24, 2.45) is 10.1 Å². The molecule has 3 amide bonds. The summed E-state index contributed by atoms with van der Waals surface area (Å²) in [4.78, 5) is 44.1. The SMILES string of the molecule is COc1ccc2c(c1)C(c1ccc(Cl)cc1)=N[C@@H](CC(=O)NCC(=O)NCCNC(=O)OC(C)(C)C)C1=NNC(C)N12. The monoisotopic (exact) mass is 597 g/mol. The molecule has 4 rings (SSSR count). The van der Waals surface area contributed by atoms with Crippen LogP contribution in [0.1, 0.15) is 45.2 Å². The van der Waals surface area contributed by atoms with Crippen molar-refractivity contribution >= 4 is 46.7 Å². The van der Waals surface area contributed by atoms with Gasteiger partial charge in [-0.15, -0.1) is 0 Å². The van der Waals surface area contributed by atoms with Gasteiger partial charge in [0.2, 0.25) is 11.8 Å². The highest BCUT2D eigenvalue weighted by molar-refractivity contribution is 6.31. The lowest BCUT2D eigenvalue weighted by atomic mass is 9.99. The molecule has 0 radical (unpaired) electrons. The first-order chi connectivity index (χ1) is 19.9. The first-order valence-electron chi connectivity index (χ1n) is 13.6. The van der Waals surface area contributed by atoms with Crippen molar-refractivity contribution in [3.8, 4) is 5.75 Å². The van der Waals surface area contributed by atoms with Gasteiger partial charge >= 0.3 is 6.09 Å². The number of hydrogen-bond donors (Lipinski definition) is 4. The first kappa shape index (κ1) is 30.6. The van der Waals surface area contributed by atoms with Crippen LogP contribution in [-0.4, -0.2) is 74.0 Å². The summed E-state index contributed by atoms with van der Waals surface area (Å²) in [5, 5.41) is 13.0. The summed E-state index contributed by atoms with van der Waals surface area (Å²) in [6, 6.07) is 12.4. The highest BCUT2D eigenvalue weighted by atomic mass is 35.5. The Hall–Kier alpha value is -4.32. The minimum absolute atomic E-state index is 0.0422. The van der Waals surface area contributed by atoms with Crippen LogP contribution < -0.4 is 31.0 Å². The first-order valence-corrected chi connectivity index (χ1v) is 14.0. The minimum atomic E-state index is -0.646. The van der Waals surface area contributed by atoms with Crippen molar-refractivity contribution in [2.75, 3.05) is 31.6 Å². The molecule has 0 saturated carbocycles. The molecule has 42 heavy (non-hydrogen) atoms. The molecule has 1 unspecified atom stereocenters. The van der Waals surface area contributed by atoms with E-state index >= 15 is 0 Å². The maximum Gasteiger partial charge on any atom is 0.407 e. The lowest BCUT2D eigenvalue weighted by Crippen LogP contribution is -2.44. The van der Waals surface area contributed by atoms with Crippen LogP contribution in [0.5, 0.6) is 5.75 Å². The van der Waals surface area contributed by atoms with Gasteiger partial charge in [0.1, 0.15) is 23.6 Å². The fourth-order valence-electron chi connectivity index (χ4n) is 4.51. The Morgan fingerprint density at radius 3 is 2.43 bits per heavy atom. The van der Waals surface area contributed by atoms with Crippen molar-refractivity contribution in [1.82, 2.24) is 21.4 Å². The average molecular weight is 598 g/mol. The van der Waals surface area contributed by atoms with Crippen LogP contribution in [0, 0.1) is 0 Å². The number of hydrogen-bond acceptors (Lipinski definition) is 9. The standard InChI is InChI=1S/C29H36ClN7O5/c1-17-35-36-27-22(15-24(38)33-16-25(39)31-12-13-32-28(40)42-29(2,3)4)34-26(18-6-8-19(30)9-7-18)21-14-20(41-5)10-11-23(21)37(17)27/h6-11,14,17,22,35H,12-13,15-16H2,1-5H3,(H,31,39)(H,32,40)(H,33,38)/t17?,22-/m0/s1. The normalized spacial score (nSPS) is 17.4. The third kappa shape index (κ3) is 7.69. The molecule has 224 valence electrons. The molecular weight excluding hydrogens is 562 g/mol.